The number of sulfonamides is 1. The quantitative estimate of drug-likeness (QED) is 0.852. The summed E-state index contributed by atoms with van der Waals surface area (Å²) in [6, 6.07) is 9.79. The highest BCUT2D eigenvalue weighted by Crippen LogP contribution is 2.27. The van der Waals surface area contributed by atoms with Gasteiger partial charge in [-0.15, -0.1) is 11.3 Å². The van der Waals surface area contributed by atoms with E-state index in [2.05, 4.69) is 4.72 Å². The van der Waals surface area contributed by atoms with Crippen molar-refractivity contribution in [1.82, 2.24) is 4.72 Å². The second-order valence-electron chi connectivity index (χ2n) is 4.03. The Balaban J connectivity index is 2.24. The minimum atomic E-state index is -3.58. The van der Waals surface area contributed by atoms with Crippen LogP contribution in [-0.4, -0.2) is 8.42 Å². The SMILES string of the molecule is CC(NS(=O)(=O)c1ccc(Cl)s1)c1ccccc1N. The largest absolute Gasteiger partial charge is 0.398 e. The molecule has 1 heterocycles. The Morgan fingerprint density at radius 3 is 2.53 bits per heavy atom. The highest BCUT2D eigenvalue weighted by Gasteiger charge is 2.21. The lowest BCUT2D eigenvalue weighted by molar-refractivity contribution is 0.569. The average Bonchev–Trinajstić information content (AvgIpc) is 2.76. The van der Waals surface area contributed by atoms with Gasteiger partial charge in [-0.3, -0.25) is 0 Å². The second kappa shape index (κ2) is 5.50. The molecule has 0 bridgehead atoms. The molecule has 0 saturated carbocycles. The lowest BCUT2D eigenvalue weighted by Crippen LogP contribution is -2.26. The van der Waals surface area contributed by atoms with Crippen molar-refractivity contribution in [2.45, 2.75) is 17.2 Å². The van der Waals surface area contributed by atoms with Gasteiger partial charge in [-0.25, -0.2) is 13.1 Å². The number of para-hydroxylation sites is 1. The molecule has 1 unspecified atom stereocenters. The topological polar surface area (TPSA) is 72.2 Å². The molecule has 0 aliphatic heterocycles. The zero-order valence-electron chi connectivity index (χ0n) is 10.1. The number of hydrogen-bond donors (Lipinski definition) is 2. The predicted octanol–water partition coefficient (Wildman–Crippen LogP) is 3.02. The molecule has 1 aromatic carbocycles. The lowest BCUT2D eigenvalue weighted by Gasteiger charge is -2.15. The third kappa shape index (κ3) is 3.27. The van der Waals surface area contributed by atoms with Crippen molar-refractivity contribution < 1.29 is 8.42 Å². The molecular formula is C12H13ClN2O2S2. The first-order valence-corrected chi connectivity index (χ1v) is 8.20. The summed E-state index contributed by atoms with van der Waals surface area (Å²) in [5.41, 5.74) is 7.13. The number of thiophene rings is 1. The van der Waals surface area contributed by atoms with E-state index in [1.165, 1.54) is 6.07 Å². The number of nitrogens with one attached hydrogen (secondary N) is 1. The fourth-order valence-corrected chi connectivity index (χ4v) is 4.42. The number of halogens is 1. The van der Waals surface area contributed by atoms with Gasteiger partial charge in [-0.1, -0.05) is 29.8 Å². The van der Waals surface area contributed by atoms with Crippen molar-refractivity contribution in [2.75, 3.05) is 5.73 Å². The molecule has 0 radical (unpaired) electrons. The molecule has 3 N–H and O–H groups in total. The summed E-state index contributed by atoms with van der Waals surface area (Å²) < 4.78 is 27.5. The second-order valence-corrected chi connectivity index (χ2v) is 7.69. The third-order valence-electron chi connectivity index (χ3n) is 2.61. The summed E-state index contributed by atoms with van der Waals surface area (Å²) in [7, 11) is -3.58. The molecule has 1 aromatic heterocycles. The van der Waals surface area contributed by atoms with E-state index in [0.29, 0.717) is 10.0 Å². The maximum absolute atomic E-state index is 12.1. The van der Waals surface area contributed by atoms with E-state index in [9.17, 15) is 8.42 Å². The maximum atomic E-state index is 12.1. The minimum Gasteiger partial charge on any atom is -0.398 e. The molecule has 0 aliphatic rings. The number of hydrogen-bond acceptors (Lipinski definition) is 4. The zero-order chi connectivity index (χ0) is 14.0. The Kier molecular flexibility index (Phi) is 4.15. The third-order valence-corrected chi connectivity index (χ3v) is 5.87. The fourth-order valence-electron chi connectivity index (χ4n) is 1.70. The molecule has 1 atom stereocenters. The first kappa shape index (κ1) is 14.3. The van der Waals surface area contributed by atoms with Crippen molar-refractivity contribution in [3.05, 3.63) is 46.3 Å². The molecule has 2 aromatic rings. The van der Waals surface area contributed by atoms with Crippen molar-refractivity contribution >= 4 is 38.6 Å². The number of rotatable bonds is 4. The summed E-state index contributed by atoms with van der Waals surface area (Å²) in [5, 5.41) is 0. The van der Waals surface area contributed by atoms with Gasteiger partial charge in [0.15, 0.2) is 0 Å². The molecule has 4 nitrogen and oxygen atoms in total. The lowest BCUT2D eigenvalue weighted by atomic mass is 10.1. The number of anilines is 1. The van der Waals surface area contributed by atoms with Crippen LogP contribution >= 0.6 is 22.9 Å². The maximum Gasteiger partial charge on any atom is 0.250 e. The van der Waals surface area contributed by atoms with Gasteiger partial charge in [0, 0.05) is 11.7 Å². The summed E-state index contributed by atoms with van der Waals surface area (Å²) >= 11 is 6.77. The van der Waals surface area contributed by atoms with Crippen molar-refractivity contribution in [2.24, 2.45) is 0 Å². The van der Waals surface area contributed by atoms with Crippen LogP contribution in [-0.2, 0) is 10.0 Å². The molecule has 0 aliphatic carbocycles. The standard InChI is InChI=1S/C12H13ClN2O2S2/c1-8(9-4-2-3-5-10(9)14)15-19(16,17)12-7-6-11(13)18-12/h2-8,15H,14H2,1H3. The summed E-state index contributed by atoms with van der Waals surface area (Å²) in [5.74, 6) is 0. The molecule has 0 spiro atoms. The predicted molar refractivity (Wildman–Crippen MR) is 78.9 cm³/mol. The van der Waals surface area contributed by atoms with Crippen LogP contribution in [0.15, 0.2) is 40.6 Å². The molecule has 0 fully saturated rings. The van der Waals surface area contributed by atoms with E-state index in [0.717, 1.165) is 16.9 Å². The van der Waals surface area contributed by atoms with Crippen LogP contribution in [0.4, 0.5) is 5.69 Å². The monoisotopic (exact) mass is 316 g/mol. The van der Waals surface area contributed by atoms with Crippen LogP contribution in [0.2, 0.25) is 4.34 Å². The van der Waals surface area contributed by atoms with Crippen LogP contribution in [0.5, 0.6) is 0 Å². The van der Waals surface area contributed by atoms with Gasteiger partial charge in [0.1, 0.15) is 4.21 Å². The van der Waals surface area contributed by atoms with E-state index < -0.39 is 16.1 Å². The molecule has 0 amide bonds. The number of nitrogen functional groups attached to an aromatic ring is 1. The molecular weight excluding hydrogens is 304 g/mol. The molecule has 0 saturated heterocycles. The Hall–Kier alpha value is -1.08. The smallest absolute Gasteiger partial charge is 0.250 e. The van der Waals surface area contributed by atoms with Gasteiger partial charge in [0.05, 0.1) is 4.34 Å². The highest BCUT2D eigenvalue weighted by molar-refractivity contribution is 7.91. The summed E-state index contributed by atoms with van der Waals surface area (Å²) in [6.45, 7) is 1.75. The van der Waals surface area contributed by atoms with Crippen molar-refractivity contribution in [3.8, 4) is 0 Å². The van der Waals surface area contributed by atoms with E-state index in [4.69, 9.17) is 17.3 Å². The van der Waals surface area contributed by atoms with Crippen LogP contribution in [0.25, 0.3) is 0 Å². The van der Waals surface area contributed by atoms with Crippen molar-refractivity contribution in [1.29, 1.82) is 0 Å². The fraction of sp³-hybridized carbons (Fsp3) is 0.167. The first-order valence-electron chi connectivity index (χ1n) is 5.52. The number of nitrogens with two attached hydrogens (primary N) is 1. The van der Waals surface area contributed by atoms with Gasteiger partial charge >= 0.3 is 0 Å². The molecule has 7 heteroatoms. The van der Waals surface area contributed by atoms with Crippen LogP contribution in [0.3, 0.4) is 0 Å². The Bertz CT molecular complexity index is 683. The normalized spacial score (nSPS) is 13.4. The molecule has 102 valence electrons. The first-order chi connectivity index (χ1) is 8.90. The Morgan fingerprint density at radius 2 is 1.95 bits per heavy atom. The zero-order valence-corrected chi connectivity index (χ0v) is 12.5. The highest BCUT2D eigenvalue weighted by atomic mass is 35.5. The van der Waals surface area contributed by atoms with Gasteiger partial charge in [0.25, 0.3) is 10.0 Å². The van der Waals surface area contributed by atoms with Gasteiger partial charge in [0.2, 0.25) is 0 Å². The van der Waals surface area contributed by atoms with E-state index >= 15 is 0 Å². The van der Waals surface area contributed by atoms with Crippen LogP contribution < -0.4 is 10.5 Å². The number of benzene rings is 1. The van der Waals surface area contributed by atoms with Crippen LogP contribution in [0.1, 0.15) is 18.5 Å². The average molecular weight is 317 g/mol. The van der Waals surface area contributed by atoms with Crippen molar-refractivity contribution in [3.63, 3.8) is 0 Å². The van der Waals surface area contributed by atoms with Crippen LogP contribution in [0, 0.1) is 0 Å². The Labute approximate surface area is 121 Å². The van der Waals surface area contributed by atoms with E-state index in [1.54, 1.807) is 31.2 Å². The molecule has 19 heavy (non-hydrogen) atoms. The molecule has 2 rings (SSSR count). The Morgan fingerprint density at radius 1 is 1.26 bits per heavy atom. The minimum absolute atomic E-state index is 0.193. The van der Waals surface area contributed by atoms with Gasteiger partial charge < -0.3 is 5.73 Å². The van der Waals surface area contributed by atoms with E-state index in [1.807, 2.05) is 6.07 Å². The van der Waals surface area contributed by atoms with E-state index in [-0.39, 0.29) is 4.21 Å². The summed E-state index contributed by atoms with van der Waals surface area (Å²) in [4.78, 5) is 0. The van der Waals surface area contributed by atoms with Gasteiger partial charge in [-0.2, -0.15) is 0 Å². The van der Waals surface area contributed by atoms with Gasteiger partial charge in [-0.05, 0) is 30.7 Å². The summed E-state index contributed by atoms with van der Waals surface area (Å²) in [6.07, 6.45) is 0.